The number of halogens is 1. The minimum atomic E-state index is 0.163. The summed E-state index contributed by atoms with van der Waals surface area (Å²) in [4.78, 5) is 15.2. The second-order valence-corrected chi connectivity index (χ2v) is 13.2. The van der Waals surface area contributed by atoms with Crippen molar-refractivity contribution >= 4 is 28.1 Å². The molecule has 1 aromatic heterocycles. The first-order valence-corrected chi connectivity index (χ1v) is 15.6. The van der Waals surface area contributed by atoms with Gasteiger partial charge in [-0.15, -0.1) is 0 Å². The largest absolute Gasteiger partial charge is 0.508 e. The molecule has 0 aliphatic carbocycles. The van der Waals surface area contributed by atoms with Gasteiger partial charge in [-0.3, -0.25) is 4.90 Å². The van der Waals surface area contributed by atoms with E-state index in [1.807, 2.05) is 24.3 Å². The van der Waals surface area contributed by atoms with Crippen LogP contribution in [0, 0.1) is 0 Å². The van der Waals surface area contributed by atoms with E-state index in [-0.39, 0.29) is 11.3 Å². The first-order chi connectivity index (χ1) is 19.5. The molecule has 4 saturated heterocycles. The zero-order chi connectivity index (χ0) is 26.8. The van der Waals surface area contributed by atoms with E-state index in [0.717, 1.165) is 48.0 Å². The quantitative estimate of drug-likeness (QED) is 0.424. The number of nitrogens with one attached hydrogen (secondary N) is 1. The van der Waals surface area contributed by atoms with Crippen LogP contribution in [0.4, 0.5) is 5.69 Å². The lowest BCUT2D eigenvalue weighted by Crippen LogP contribution is -2.43. The molecule has 210 valence electrons. The predicted octanol–water partition coefficient (Wildman–Crippen LogP) is 5.56. The molecule has 40 heavy (non-hydrogen) atoms. The van der Waals surface area contributed by atoms with Crippen LogP contribution in [-0.2, 0) is 13.0 Å². The number of benzene rings is 2. The molecule has 2 N–H and O–H groups in total. The maximum Gasteiger partial charge on any atom is 0.316 e. The Kier molecular flexibility index (Phi) is 6.12. The molecule has 8 heteroatoms. The van der Waals surface area contributed by atoms with Crippen LogP contribution in [0.3, 0.4) is 0 Å². The van der Waals surface area contributed by atoms with E-state index in [1.54, 1.807) is 6.07 Å². The molecular weight excluding hydrogens is 522 g/mol. The summed E-state index contributed by atoms with van der Waals surface area (Å²) in [5.41, 5.74) is 4.72. The minimum absolute atomic E-state index is 0.163. The summed E-state index contributed by atoms with van der Waals surface area (Å²) in [5, 5.41) is 17.0. The van der Waals surface area contributed by atoms with Crippen molar-refractivity contribution < 1.29 is 9.84 Å². The van der Waals surface area contributed by atoms with Crippen LogP contribution in [0.25, 0.3) is 10.8 Å². The van der Waals surface area contributed by atoms with Crippen LogP contribution >= 0.6 is 11.6 Å². The minimum Gasteiger partial charge on any atom is -0.508 e. The van der Waals surface area contributed by atoms with E-state index in [0.29, 0.717) is 42.2 Å². The molecule has 2 atom stereocenters. The summed E-state index contributed by atoms with van der Waals surface area (Å²) < 4.78 is 6.55. The number of nitrogens with zero attached hydrogens (tertiary/aromatic N) is 4. The lowest BCUT2D eigenvalue weighted by atomic mass is 9.85. The molecule has 2 aromatic carbocycles. The third-order valence-electron chi connectivity index (χ3n) is 10.4. The average Bonchev–Trinajstić information content (AvgIpc) is 3.64. The Bertz CT molecular complexity index is 1440. The van der Waals surface area contributed by atoms with Crippen molar-refractivity contribution in [3.8, 4) is 11.8 Å². The van der Waals surface area contributed by atoms with Crippen molar-refractivity contribution in [2.45, 2.75) is 87.9 Å². The molecule has 4 fully saturated rings. The van der Waals surface area contributed by atoms with Crippen molar-refractivity contribution in [3.05, 3.63) is 52.3 Å². The lowest BCUT2D eigenvalue weighted by Gasteiger charge is -2.35. The maximum absolute atomic E-state index is 10.6. The van der Waals surface area contributed by atoms with Gasteiger partial charge in [0.2, 0.25) is 0 Å². The number of anilines is 1. The van der Waals surface area contributed by atoms with Crippen molar-refractivity contribution in [3.63, 3.8) is 0 Å². The van der Waals surface area contributed by atoms with E-state index in [4.69, 9.17) is 26.3 Å². The van der Waals surface area contributed by atoms with E-state index >= 15 is 0 Å². The normalized spacial score (nSPS) is 27.2. The molecule has 0 radical (unpaired) electrons. The van der Waals surface area contributed by atoms with Gasteiger partial charge in [-0.1, -0.05) is 23.7 Å². The lowest BCUT2D eigenvalue weighted by molar-refractivity contribution is 0.107. The van der Waals surface area contributed by atoms with Crippen molar-refractivity contribution in [2.24, 2.45) is 0 Å². The number of phenolic OH excluding ortho intramolecular Hbond substituents is 1. The highest BCUT2D eigenvalue weighted by Gasteiger charge is 2.45. The van der Waals surface area contributed by atoms with E-state index in [9.17, 15) is 5.11 Å². The second-order valence-electron chi connectivity index (χ2n) is 12.8. The Morgan fingerprint density at radius 1 is 1.05 bits per heavy atom. The van der Waals surface area contributed by atoms with Crippen molar-refractivity contribution in [1.29, 1.82) is 0 Å². The molecule has 2 unspecified atom stereocenters. The highest BCUT2D eigenvalue weighted by Crippen LogP contribution is 2.43. The topological polar surface area (TPSA) is 73.8 Å². The highest BCUT2D eigenvalue weighted by molar-refractivity contribution is 6.36. The third kappa shape index (κ3) is 4.24. The molecular formula is C32H38ClN5O2. The van der Waals surface area contributed by atoms with Gasteiger partial charge in [-0.2, -0.15) is 9.97 Å². The Morgan fingerprint density at radius 3 is 2.65 bits per heavy atom. The number of hydrogen-bond acceptors (Lipinski definition) is 7. The average molecular weight is 560 g/mol. The van der Waals surface area contributed by atoms with Gasteiger partial charge in [0.25, 0.3) is 0 Å². The molecule has 6 heterocycles. The number of fused-ring (bicyclic) bond motifs is 5. The van der Waals surface area contributed by atoms with Crippen molar-refractivity contribution in [1.82, 2.24) is 20.2 Å². The fourth-order valence-corrected chi connectivity index (χ4v) is 8.86. The molecule has 7 nitrogen and oxygen atoms in total. The Labute approximate surface area is 240 Å². The number of hydrogen-bond donors (Lipinski definition) is 2. The molecule has 0 saturated carbocycles. The van der Waals surface area contributed by atoms with Crippen molar-refractivity contribution in [2.75, 3.05) is 31.1 Å². The molecule has 0 spiro atoms. The van der Waals surface area contributed by atoms with Gasteiger partial charge >= 0.3 is 6.01 Å². The monoisotopic (exact) mass is 559 g/mol. The van der Waals surface area contributed by atoms with Crippen LogP contribution in [0.5, 0.6) is 11.8 Å². The number of rotatable bonds is 5. The third-order valence-corrected chi connectivity index (χ3v) is 10.8. The smallest absolute Gasteiger partial charge is 0.316 e. The second kappa shape index (κ2) is 9.74. The Balaban J connectivity index is 1.15. The van der Waals surface area contributed by atoms with Crippen LogP contribution in [0.2, 0.25) is 5.02 Å². The fraction of sp³-hybridized carbons (Fsp3) is 0.562. The van der Waals surface area contributed by atoms with E-state index < -0.39 is 0 Å². The van der Waals surface area contributed by atoms with Gasteiger partial charge in [0.05, 0.1) is 34.2 Å². The van der Waals surface area contributed by atoms with E-state index in [2.05, 4.69) is 15.1 Å². The van der Waals surface area contributed by atoms with Crippen LogP contribution in [-0.4, -0.2) is 63.8 Å². The molecule has 5 aliphatic rings. The van der Waals surface area contributed by atoms with Crippen LogP contribution in [0.1, 0.15) is 74.2 Å². The summed E-state index contributed by atoms with van der Waals surface area (Å²) in [6, 6.07) is 11.3. The van der Waals surface area contributed by atoms with Gasteiger partial charge in [0.1, 0.15) is 12.4 Å². The molecule has 5 aliphatic heterocycles. The van der Waals surface area contributed by atoms with Crippen LogP contribution < -0.4 is 15.0 Å². The number of piperidine rings is 1. The SMILES string of the molecule is Oc1cc(N2CCc3c(nc(OCC45CCCN4CCC5)nc3C3CC4CCC(C3)N4)C2)c2c(Cl)cccc2c1. The fourth-order valence-electron chi connectivity index (χ4n) is 8.58. The molecule has 2 bridgehead atoms. The van der Waals surface area contributed by atoms with Crippen LogP contribution in [0.15, 0.2) is 30.3 Å². The highest BCUT2D eigenvalue weighted by atomic mass is 35.5. The zero-order valence-corrected chi connectivity index (χ0v) is 23.8. The predicted molar refractivity (Wildman–Crippen MR) is 158 cm³/mol. The van der Waals surface area contributed by atoms with Gasteiger partial charge in [-0.25, -0.2) is 0 Å². The first-order valence-electron chi connectivity index (χ1n) is 15.2. The number of ether oxygens (including phenoxy) is 1. The van der Waals surface area contributed by atoms with Gasteiger partial charge in [-0.05, 0) is 94.0 Å². The van der Waals surface area contributed by atoms with Gasteiger partial charge in [0, 0.05) is 36.0 Å². The Hall–Kier alpha value is -2.61. The maximum atomic E-state index is 10.6. The number of aromatic nitrogens is 2. The van der Waals surface area contributed by atoms with Gasteiger partial charge in [0.15, 0.2) is 0 Å². The standard InChI is InChI=1S/C32H38ClN5O2/c33-26-5-1-4-20-16-24(39)17-28(29(20)26)37-13-8-25-27(18-37)35-31(40-19-32-9-2-11-38(32)12-3-10-32)36-30(25)21-14-22-6-7-23(15-21)34-22/h1,4-5,16-17,21-23,34,39H,2-3,6-15,18-19H2. The summed E-state index contributed by atoms with van der Waals surface area (Å²) in [6.45, 7) is 4.54. The summed E-state index contributed by atoms with van der Waals surface area (Å²) in [7, 11) is 0. The number of phenols is 1. The number of aromatic hydroxyl groups is 1. The van der Waals surface area contributed by atoms with Gasteiger partial charge < -0.3 is 20.1 Å². The summed E-state index contributed by atoms with van der Waals surface area (Å²) in [5.74, 6) is 0.707. The Morgan fingerprint density at radius 2 is 1.85 bits per heavy atom. The molecule has 3 aromatic rings. The molecule has 8 rings (SSSR count). The first kappa shape index (κ1) is 25.1. The molecule has 0 amide bonds. The van der Waals surface area contributed by atoms with E-state index in [1.165, 1.54) is 62.9 Å². The summed E-state index contributed by atoms with van der Waals surface area (Å²) in [6.07, 6.45) is 10.7. The zero-order valence-electron chi connectivity index (χ0n) is 23.0. The summed E-state index contributed by atoms with van der Waals surface area (Å²) >= 11 is 6.70.